The van der Waals surface area contributed by atoms with Crippen molar-refractivity contribution >= 4 is 25.2 Å². The number of phenols is 1. The second kappa shape index (κ2) is 9.38. The van der Waals surface area contributed by atoms with Gasteiger partial charge in [-0.3, -0.25) is 0 Å². The monoisotopic (exact) mass is 396 g/mol. The maximum atomic E-state index is 10.7. The Morgan fingerprint density at radius 2 is 1.36 bits per heavy atom. The van der Waals surface area contributed by atoms with Gasteiger partial charge in [-0.2, -0.15) is 0 Å². The fraction of sp³-hybridized carbons (Fsp3) is 0.174. The number of phenolic OH excluding ortho intramolecular Hbond substituents is 1. The molecule has 1 atom stereocenters. The molecule has 0 amide bonds. The molecule has 0 fully saturated rings. The third kappa shape index (κ3) is 6.40. The summed E-state index contributed by atoms with van der Waals surface area (Å²) in [5, 5.41) is 31.0. The molecule has 0 saturated heterocycles. The summed E-state index contributed by atoms with van der Waals surface area (Å²) in [4.78, 5) is 10.2. The summed E-state index contributed by atoms with van der Waals surface area (Å²) in [7, 11) is 0.110. The van der Waals surface area contributed by atoms with Gasteiger partial charge in [0.25, 0.3) is 0 Å². The maximum absolute atomic E-state index is 10.7. The number of benzene rings is 3. The number of carboxylic acids is 1. The van der Waals surface area contributed by atoms with Gasteiger partial charge < -0.3 is 15.3 Å². The van der Waals surface area contributed by atoms with Crippen molar-refractivity contribution in [1.82, 2.24) is 0 Å². The molecule has 0 aliphatic rings. The van der Waals surface area contributed by atoms with Crippen LogP contribution in [0.3, 0.4) is 0 Å². The summed E-state index contributed by atoms with van der Waals surface area (Å²) in [5.41, 5.74) is 1.41. The van der Waals surface area contributed by atoms with Gasteiger partial charge in [-0.15, -0.1) is 0 Å². The number of carboxylic acid groups (broad SMARTS) is 1. The van der Waals surface area contributed by atoms with Gasteiger partial charge in [0.2, 0.25) is 0 Å². The van der Waals surface area contributed by atoms with E-state index in [2.05, 4.69) is 45.0 Å². The molecule has 1 unspecified atom stereocenters. The summed E-state index contributed by atoms with van der Waals surface area (Å²) < 4.78 is 0. The number of hydrogen-bond donors (Lipinski definition) is 2. The quantitative estimate of drug-likeness (QED) is 0.664. The highest BCUT2D eigenvalue weighted by atomic mass is 31.1. The molecule has 2 N–H and O–H groups in total. The molecule has 0 aromatic heterocycles. The van der Waals surface area contributed by atoms with Crippen molar-refractivity contribution in [1.29, 1.82) is 0 Å². The van der Waals surface area contributed by atoms with E-state index in [1.807, 2.05) is 12.1 Å². The van der Waals surface area contributed by atoms with E-state index in [0.29, 0.717) is 5.75 Å². The molecule has 28 heavy (non-hydrogen) atoms. The minimum absolute atomic E-state index is 0.110. The Morgan fingerprint density at radius 1 is 0.857 bits per heavy atom. The molecular weight excluding hydrogens is 371 g/mol. The van der Waals surface area contributed by atoms with Gasteiger partial charge in [0.15, 0.2) is 0 Å². The Morgan fingerprint density at radius 3 is 1.79 bits per heavy atom. The van der Waals surface area contributed by atoms with Crippen molar-refractivity contribution in [2.45, 2.75) is 26.2 Å². The van der Waals surface area contributed by atoms with E-state index in [4.69, 9.17) is 5.11 Å². The van der Waals surface area contributed by atoms with Gasteiger partial charge in [0.1, 0.15) is 5.75 Å². The first-order chi connectivity index (χ1) is 13.2. The summed E-state index contributed by atoms with van der Waals surface area (Å²) in [6.45, 7) is 6.69. The zero-order valence-corrected chi connectivity index (χ0v) is 17.4. The fourth-order valence-electron chi connectivity index (χ4n) is 2.49. The lowest BCUT2D eigenvalue weighted by Crippen LogP contribution is -2.12. The lowest BCUT2D eigenvalue weighted by molar-refractivity contribution is -0.268. The Hall–Kier alpha value is -2.84. The van der Waals surface area contributed by atoms with Gasteiger partial charge >= 0.3 is 5.97 Å². The molecular formula is C23H25O4P. The molecule has 3 aromatic carbocycles. The molecule has 0 heterocycles. The molecule has 3 aromatic rings. The number of carbonyl (C=O) groups is 1. The Balaban J connectivity index is 0.000000237. The number of para-hydroxylation sites is 1. The van der Waals surface area contributed by atoms with Crippen molar-refractivity contribution in [2.24, 2.45) is 0 Å². The minimum Gasteiger partial charge on any atom is -0.872 e. The lowest BCUT2D eigenvalue weighted by Gasteiger charge is -2.18. The molecule has 146 valence electrons. The number of aromatic carboxylic acids is 1. The molecule has 4 nitrogen and oxygen atoms in total. The SMILES string of the molecule is CC(C)(C)c1ccc([PH2+]c2ccc(O)cc2)cc1.O=C(O)c1ccccc1[O-]. The van der Waals surface area contributed by atoms with Crippen LogP contribution in [0.25, 0.3) is 0 Å². The van der Waals surface area contributed by atoms with Gasteiger partial charge in [-0.05, 0) is 53.4 Å². The topological polar surface area (TPSA) is 80.6 Å². The predicted octanol–water partition coefficient (Wildman–Crippen LogP) is 3.51. The van der Waals surface area contributed by atoms with Gasteiger partial charge in [0, 0.05) is 0 Å². The van der Waals surface area contributed by atoms with Crippen LogP contribution < -0.4 is 15.7 Å². The number of rotatable bonds is 3. The second-order valence-electron chi connectivity index (χ2n) is 7.41. The van der Waals surface area contributed by atoms with E-state index < -0.39 is 11.7 Å². The zero-order chi connectivity index (χ0) is 20.7. The molecule has 0 radical (unpaired) electrons. The molecule has 0 aliphatic carbocycles. The van der Waals surface area contributed by atoms with Crippen LogP contribution in [0.15, 0.2) is 72.8 Å². The van der Waals surface area contributed by atoms with Gasteiger partial charge in [-0.25, -0.2) is 4.79 Å². The first-order valence-corrected chi connectivity index (χ1v) is 10.1. The summed E-state index contributed by atoms with van der Waals surface area (Å²) in [6, 6.07) is 22.0. The summed E-state index contributed by atoms with van der Waals surface area (Å²) >= 11 is 0. The van der Waals surface area contributed by atoms with Gasteiger partial charge in [0.05, 0.1) is 24.8 Å². The molecule has 0 spiro atoms. The van der Waals surface area contributed by atoms with Crippen molar-refractivity contribution in [3.8, 4) is 11.5 Å². The third-order valence-electron chi connectivity index (χ3n) is 4.12. The van der Waals surface area contributed by atoms with Gasteiger partial charge in [-0.1, -0.05) is 56.9 Å². The van der Waals surface area contributed by atoms with Crippen molar-refractivity contribution in [3.05, 3.63) is 83.9 Å². The van der Waals surface area contributed by atoms with Crippen LogP contribution in [0.2, 0.25) is 0 Å². The normalized spacial score (nSPS) is 11.1. The highest BCUT2D eigenvalue weighted by Gasteiger charge is 2.14. The van der Waals surface area contributed by atoms with E-state index in [-0.39, 0.29) is 19.6 Å². The summed E-state index contributed by atoms with van der Waals surface area (Å²) in [5.74, 6) is -1.29. The van der Waals surface area contributed by atoms with Crippen LogP contribution in [-0.4, -0.2) is 16.2 Å². The molecule has 3 rings (SSSR count). The Bertz CT molecular complexity index is 911. The molecule has 0 saturated carbocycles. The molecule has 0 bridgehead atoms. The number of hydrogen-bond acceptors (Lipinski definition) is 3. The fourth-order valence-corrected chi connectivity index (χ4v) is 3.64. The zero-order valence-electron chi connectivity index (χ0n) is 16.2. The van der Waals surface area contributed by atoms with Crippen LogP contribution >= 0.6 is 8.58 Å². The van der Waals surface area contributed by atoms with E-state index in [9.17, 15) is 15.0 Å². The van der Waals surface area contributed by atoms with E-state index in [1.54, 1.807) is 12.1 Å². The second-order valence-corrected chi connectivity index (χ2v) is 9.03. The lowest BCUT2D eigenvalue weighted by atomic mass is 9.87. The average molecular weight is 396 g/mol. The largest absolute Gasteiger partial charge is 0.872 e. The first-order valence-electron chi connectivity index (χ1n) is 8.90. The van der Waals surface area contributed by atoms with Crippen LogP contribution in [0.4, 0.5) is 0 Å². The summed E-state index contributed by atoms with van der Waals surface area (Å²) in [6.07, 6.45) is 0. The standard InChI is InChI=1S/C16H19OP.C7H6O3/c1-16(2,3)12-4-8-14(9-5-12)18-15-10-6-13(17)7-11-15;8-6-4-2-1-3-5(6)7(9)10/h4-11,17-18H,1-3H3;1-4,8H,(H,9,10). The van der Waals surface area contributed by atoms with Crippen LogP contribution in [0, 0.1) is 0 Å². The van der Waals surface area contributed by atoms with Crippen molar-refractivity contribution in [3.63, 3.8) is 0 Å². The van der Waals surface area contributed by atoms with Crippen LogP contribution in [0.1, 0.15) is 36.7 Å². The van der Waals surface area contributed by atoms with Crippen molar-refractivity contribution < 1.29 is 20.1 Å². The van der Waals surface area contributed by atoms with E-state index in [0.717, 1.165) is 0 Å². The maximum Gasteiger partial charge on any atom is 0.335 e. The van der Waals surface area contributed by atoms with E-state index in [1.165, 1.54) is 40.4 Å². The highest BCUT2D eigenvalue weighted by molar-refractivity contribution is 7.55. The smallest absolute Gasteiger partial charge is 0.335 e. The van der Waals surface area contributed by atoms with Crippen LogP contribution in [-0.2, 0) is 5.41 Å². The average Bonchev–Trinajstić information content (AvgIpc) is 2.64. The number of aromatic hydroxyl groups is 1. The highest BCUT2D eigenvalue weighted by Crippen LogP contribution is 2.22. The van der Waals surface area contributed by atoms with E-state index >= 15 is 0 Å². The predicted molar refractivity (Wildman–Crippen MR) is 115 cm³/mol. The Kier molecular flexibility index (Phi) is 7.19. The van der Waals surface area contributed by atoms with Crippen molar-refractivity contribution in [2.75, 3.05) is 0 Å². The first kappa shape index (κ1) is 21.5. The Labute approximate surface area is 167 Å². The minimum atomic E-state index is -1.18. The molecule has 5 heteroatoms. The molecule has 0 aliphatic heterocycles. The van der Waals surface area contributed by atoms with Crippen LogP contribution in [0.5, 0.6) is 11.5 Å². The third-order valence-corrected chi connectivity index (χ3v) is 5.56.